The van der Waals surface area contributed by atoms with E-state index in [1.165, 1.54) is 0 Å². The van der Waals surface area contributed by atoms with Gasteiger partial charge >= 0.3 is 6.09 Å². The molecule has 0 atom stereocenters. The van der Waals surface area contributed by atoms with Gasteiger partial charge < -0.3 is 25.4 Å². The molecule has 0 aliphatic heterocycles. The zero-order valence-corrected chi connectivity index (χ0v) is 14.0. The first-order valence-electron chi connectivity index (χ1n) is 7.19. The molecule has 3 N–H and O–H groups in total. The van der Waals surface area contributed by atoms with Crippen molar-refractivity contribution in [3.05, 3.63) is 0 Å². The highest BCUT2D eigenvalue weighted by Crippen LogP contribution is 2.06. The van der Waals surface area contributed by atoms with Gasteiger partial charge in [0.05, 0.1) is 6.61 Å². The fourth-order valence-electron chi connectivity index (χ4n) is 1.38. The van der Waals surface area contributed by atoms with Crippen molar-refractivity contribution < 1.29 is 14.6 Å². The van der Waals surface area contributed by atoms with E-state index in [2.05, 4.69) is 22.5 Å². The highest BCUT2D eigenvalue weighted by atomic mass is 16.6. The number of aliphatic hydroxyl groups excluding tert-OH is 1. The van der Waals surface area contributed by atoms with Crippen molar-refractivity contribution in [2.45, 2.75) is 39.7 Å². The highest BCUT2D eigenvalue weighted by molar-refractivity contribution is 5.67. The largest absolute Gasteiger partial charge is 0.444 e. The van der Waals surface area contributed by atoms with Gasteiger partial charge in [0, 0.05) is 13.1 Å². The standard InChI is InChI=1S/C12H26N2O3.C2H7N/c1-5-14(9-10-15)8-6-7-13-11(16)17-12(2,3)4;1-3-2/h15H,5-10H2,1-4H3,(H,13,16);3H,1-2H3. The second-order valence-electron chi connectivity index (χ2n) is 5.44. The van der Waals surface area contributed by atoms with E-state index in [1.54, 1.807) is 0 Å². The summed E-state index contributed by atoms with van der Waals surface area (Å²) in [5.74, 6) is 0. The van der Waals surface area contributed by atoms with Crippen LogP contribution in [0.1, 0.15) is 34.1 Å². The lowest BCUT2D eigenvalue weighted by atomic mass is 10.2. The minimum Gasteiger partial charge on any atom is -0.444 e. The van der Waals surface area contributed by atoms with Crippen LogP contribution in [0, 0.1) is 0 Å². The van der Waals surface area contributed by atoms with Crippen LogP contribution in [0.2, 0.25) is 0 Å². The van der Waals surface area contributed by atoms with Crippen LogP contribution in [0.25, 0.3) is 0 Å². The Kier molecular flexibility index (Phi) is 14.1. The molecule has 0 radical (unpaired) electrons. The molecule has 0 rings (SSSR count). The van der Waals surface area contributed by atoms with Gasteiger partial charge in [-0.25, -0.2) is 4.79 Å². The Morgan fingerprint density at radius 3 is 2.20 bits per heavy atom. The van der Waals surface area contributed by atoms with Crippen molar-refractivity contribution in [3.8, 4) is 0 Å². The Morgan fingerprint density at radius 2 is 1.80 bits per heavy atom. The number of carbonyl (C=O) groups is 1. The summed E-state index contributed by atoms with van der Waals surface area (Å²) in [7, 11) is 3.75. The summed E-state index contributed by atoms with van der Waals surface area (Å²) in [5.41, 5.74) is -0.448. The van der Waals surface area contributed by atoms with Gasteiger partial charge in [-0.1, -0.05) is 6.92 Å². The van der Waals surface area contributed by atoms with Crippen LogP contribution in [0.15, 0.2) is 0 Å². The number of likely N-dealkylation sites (N-methyl/N-ethyl adjacent to an activating group) is 1. The predicted octanol–water partition coefficient (Wildman–Crippen LogP) is 1.05. The van der Waals surface area contributed by atoms with Crippen molar-refractivity contribution in [2.75, 3.05) is 46.9 Å². The maximum Gasteiger partial charge on any atom is 0.407 e. The van der Waals surface area contributed by atoms with E-state index in [9.17, 15) is 4.79 Å². The van der Waals surface area contributed by atoms with Gasteiger partial charge in [-0.3, -0.25) is 0 Å². The molecular formula is C14H33N3O3. The quantitative estimate of drug-likeness (QED) is 0.612. The second-order valence-corrected chi connectivity index (χ2v) is 5.44. The Hall–Kier alpha value is -0.850. The lowest BCUT2D eigenvalue weighted by Crippen LogP contribution is -2.35. The van der Waals surface area contributed by atoms with E-state index in [-0.39, 0.29) is 12.7 Å². The fraction of sp³-hybridized carbons (Fsp3) is 0.929. The number of ether oxygens (including phenoxy) is 1. The SMILES string of the molecule is CCN(CCO)CCCNC(=O)OC(C)(C)C.CNC. The number of nitrogens with one attached hydrogen (secondary N) is 2. The number of hydrogen-bond acceptors (Lipinski definition) is 5. The Balaban J connectivity index is 0. The van der Waals surface area contributed by atoms with Gasteiger partial charge in [0.25, 0.3) is 0 Å². The molecule has 1 amide bonds. The first-order valence-corrected chi connectivity index (χ1v) is 7.19. The molecule has 0 aromatic carbocycles. The average Bonchev–Trinajstić information content (AvgIpc) is 2.32. The van der Waals surface area contributed by atoms with Crippen LogP contribution in [-0.4, -0.2) is 68.6 Å². The molecule has 0 aliphatic carbocycles. The maximum absolute atomic E-state index is 11.3. The van der Waals surface area contributed by atoms with E-state index in [0.717, 1.165) is 19.5 Å². The average molecular weight is 291 g/mol. The van der Waals surface area contributed by atoms with Crippen molar-refractivity contribution in [1.82, 2.24) is 15.5 Å². The Labute approximate surface area is 123 Å². The summed E-state index contributed by atoms with van der Waals surface area (Å²) in [6, 6.07) is 0. The molecule has 0 saturated heterocycles. The van der Waals surface area contributed by atoms with E-state index >= 15 is 0 Å². The number of aliphatic hydroxyl groups is 1. The zero-order valence-electron chi connectivity index (χ0n) is 14.0. The molecule has 0 aliphatic rings. The van der Waals surface area contributed by atoms with Crippen LogP contribution in [0.3, 0.4) is 0 Å². The number of hydrogen-bond donors (Lipinski definition) is 3. The highest BCUT2D eigenvalue weighted by Gasteiger charge is 2.15. The summed E-state index contributed by atoms with van der Waals surface area (Å²) >= 11 is 0. The van der Waals surface area contributed by atoms with Crippen LogP contribution < -0.4 is 10.6 Å². The number of carbonyl (C=O) groups excluding carboxylic acids is 1. The first-order chi connectivity index (χ1) is 9.30. The van der Waals surface area contributed by atoms with E-state index in [1.807, 2.05) is 34.9 Å². The van der Waals surface area contributed by atoms with Crippen LogP contribution in [0.4, 0.5) is 4.79 Å². The Bertz CT molecular complexity index is 230. The molecule has 0 aromatic rings. The summed E-state index contributed by atoms with van der Waals surface area (Å²) in [6.45, 7) is 10.8. The number of rotatable bonds is 7. The van der Waals surface area contributed by atoms with Gasteiger partial charge in [-0.2, -0.15) is 0 Å². The van der Waals surface area contributed by atoms with Gasteiger partial charge in [0.1, 0.15) is 5.60 Å². The molecule has 122 valence electrons. The van der Waals surface area contributed by atoms with Gasteiger partial charge in [0.2, 0.25) is 0 Å². The van der Waals surface area contributed by atoms with E-state index < -0.39 is 5.60 Å². The minimum absolute atomic E-state index is 0.174. The summed E-state index contributed by atoms with van der Waals surface area (Å²) in [6.07, 6.45) is 0.482. The molecule has 6 nitrogen and oxygen atoms in total. The molecule has 0 aromatic heterocycles. The third-order valence-electron chi connectivity index (χ3n) is 2.18. The minimum atomic E-state index is -0.448. The molecule has 0 saturated carbocycles. The summed E-state index contributed by atoms with van der Waals surface area (Å²) in [5, 5.41) is 14.3. The molecule has 0 heterocycles. The smallest absolute Gasteiger partial charge is 0.407 e. The fourth-order valence-corrected chi connectivity index (χ4v) is 1.38. The van der Waals surface area contributed by atoms with Crippen molar-refractivity contribution in [1.29, 1.82) is 0 Å². The summed E-state index contributed by atoms with van der Waals surface area (Å²) in [4.78, 5) is 13.4. The third-order valence-corrected chi connectivity index (χ3v) is 2.18. The molecule has 20 heavy (non-hydrogen) atoms. The molecular weight excluding hydrogens is 258 g/mol. The topological polar surface area (TPSA) is 73.8 Å². The molecule has 0 unspecified atom stereocenters. The van der Waals surface area contributed by atoms with Crippen LogP contribution >= 0.6 is 0 Å². The van der Waals surface area contributed by atoms with Gasteiger partial charge in [-0.15, -0.1) is 0 Å². The molecule has 6 heteroatoms. The monoisotopic (exact) mass is 291 g/mol. The van der Waals surface area contributed by atoms with E-state index in [0.29, 0.717) is 13.1 Å². The van der Waals surface area contributed by atoms with E-state index in [4.69, 9.17) is 9.84 Å². The summed E-state index contributed by atoms with van der Waals surface area (Å²) < 4.78 is 5.11. The van der Waals surface area contributed by atoms with Crippen molar-refractivity contribution >= 4 is 6.09 Å². The van der Waals surface area contributed by atoms with Crippen LogP contribution in [0.5, 0.6) is 0 Å². The van der Waals surface area contributed by atoms with Crippen molar-refractivity contribution in [2.24, 2.45) is 0 Å². The second kappa shape index (κ2) is 13.1. The maximum atomic E-state index is 11.3. The lowest BCUT2D eigenvalue weighted by molar-refractivity contribution is 0.0525. The van der Waals surface area contributed by atoms with Gasteiger partial charge in [-0.05, 0) is 54.4 Å². The third kappa shape index (κ3) is 17.2. The van der Waals surface area contributed by atoms with Crippen LogP contribution in [-0.2, 0) is 4.74 Å². The number of nitrogens with zero attached hydrogens (tertiary/aromatic N) is 1. The molecule has 0 spiro atoms. The zero-order chi connectivity index (χ0) is 16.0. The first kappa shape index (κ1) is 21.4. The number of alkyl carbamates (subject to hydrolysis) is 1. The Morgan fingerprint density at radius 1 is 1.25 bits per heavy atom. The molecule has 0 fully saturated rings. The van der Waals surface area contributed by atoms with Gasteiger partial charge in [0.15, 0.2) is 0 Å². The number of amides is 1. The predicted molar refractivity (Wildman–Crippen MR) is 83.0 cm³/mol. The lowest BCUT2D eigenvalue weighted by Gasteiger charge is -2.21. The van der Waals surface area contributed by atoms with Crippen molar-refractivity contribution in [3.63, 3.8) is 0 Å². The molecule has 0 bridgehead atoms. The normalized spacial score (nSPS) is 10.8.